The van der Waals surface area contributed by atoms with Gasteiger partial charge in [0.05, 0.1) is 24.0 Å². The van der Waals surface area contributed by atoms with Crippen LogP contribution in [0.5, 0.6) is 0 Å². The highest BCUT2D eigenvalue weighted by Crippen LogP contribution is 2.36. The van der Waals surface area contributed by atoms with E-state index in [0.717, 1.165) is 78.5 Å². The highest BCUT2D eigenvalue weighted by Gasteiger charge is 2.25. The number of rotatable bonds is 0. The molecule has 8 heteroatoms. The van der Waals surface area contributed by atoms with E-state index >= 15 is 0 Å². The van der Waals surface area contributed by atoms with E-state index in [-0.39, 0.29) is 0 Å². The second kappa shape index (κ2) is 10.1. The van der Waals surface area contributed by atoms with Gasteiger partial charge < -0.3 is 19.0 Å². The van der Waals surface area contributed by atoms with Gasteiger partial charge >= 0.3 is 0 Å². The lowest BCUT2D eigenvalue weighted by Gasteiger charge is -2.34. The fourth-order valence-corrected chi connectivity index (χ4v) is 5.68. The van der Waals surface area contributed by atoms with Gasteiger partial charge in [0, 0.05) is 42.4 Å². The molecule has 35 heavy (non-hydrogen) atoms. The van der Waals surface area contributed by atoms with Crippen LogP contribution in [-0.2, 0) is 4.74 Å². The average molecular weight is 536 g/mol. The molecular weight excluding hydrogens is 506 g/mol. The average Bonchev–Trinajstić information content (AvgIpc) is 3.39. The van der Waals surface area contributed by atoms with Gasteiger partial charge in [-0.25, -0.2) is 4.98 Å². The molecule has 8 bridgehead atoms. The van der Waals surface area contributed by atoms with Crippen LogP contribution in [-0.4, -0.2) is 54.1 Å². The van der Waals surface area contributed by atoms with Gasteiger partial charge in [-0.3, -0.25) is 0 Å². The Balaban J connectivity index is 1.35. The number of benzene rings is 1. The highest BCUT2D eigenvalue weighted by atomic mass is 79.9. The van der Waals surface area contributed by atoms with Crippen LogP contribution < -0.4 is 9.80 Å². The number of anilines is 2. The molecule has 8 heterocycles. The molecule has 3 aromatic rings. The summed E-state index contributed by atoms with van der Waals surface area (Å²) >= 11 is 3.64. The van der Waals surface area contributed by atoms with E-state index in [1.807, 2.05) is 18.3 Å². The summed E-state index contributed by atoms with van der Waals surface area (Å²) in [6, 6.07) is 10.3. The Kier molecular flexibility index (Phi) is 6.57. The Morgan fingerprint density at radius 2 is 1.66 bits per heavy atom. The molecule has 0 saturated carbocycles. The minimum atomic E-state index is 0.303. The van der Waals surface area contributed by atoms with Crippen molar-refractivity contribution in [2.45, 2.75) is 38.2 Å². The largest absolute Gasteiger partial charge is 0.416 e. The van der Waals surface area contributed by atoms with E-state index in [4.69, 9.17) is 9.15 Å². The van der Waals surface area contributed by atoms with Crippen molar-refractivity contribution in [3.05, 3.63) is 53.2 Å². The quantitative estimate of drug-likeness (QED) is 0.341. The Bertz CT molecular complexity index is 1200. The molecule has 0 spiro atoms. The third kappa shape index (κ3) is 5.00. The van der Waals surface area contributed by atoms with Crippen molar-refractivity contribution in [2.75, 3.05) is 42.6 Å². The first-order valence-electron chi connectivity index (χ1n) is 12.6. The van der Waals surface area contributed by atoms with Gasteiger partial charge in [-0.15, -0.1) is 10.2 Å². The van der Waals surface area contributed by atoms with E-state index < -0.39 is 0 Å². The number of aromatic nitrogens is 3. The van der Waals surface area contributed by atoms with E-state index in [9.17, 15) is 0 Å². The molecule has 0 aliphatic carbocycles. The van der Waals surface area contributed by atoms with Crippen LogP contribution in [0.4, 0.5) is 11.5 Å². The third-order valence-corrected chi connectivity index (χ3v) is 7.89. The Hall–Kier alpha value is -2.71. The Morgan fingerprint density at radius 1 is 0.857 bits per heavy atom. The molecule has 0 N–H and O–H groups in total. The summed E-state index contributed by atoms with van der Waals surface area (Å²) in [4.78, 5) is 9.41. The summed E-state index contributed by atoms with van der Waals surface area (Å²) in [5.41, 5.74) is 2.97. The van der Waals surface area contributed by atoms with Crippen LogP contribution in [0.2, 0.25) is 0 Å². The lowest BCUT2D eigenvalue weighted by atomic mass is 9.93. The Labute approximate surface area is 214 Å². The zero-order chi connectivity index (χ0) is 23.6. The standard InChI is InChI=1S/C27H30BrN5O2/c28-21-4-5-23-24(18-21)32-14-9-22(10-15-32)34-16-2-1-3-19-7-12-33(13-8-19)25-17-20(6-11-29-25)26-30-31-27(23)35-26/h1-2,4-6,11,17-19,22H,3,7-10,12-16H2/b2-1-. The minimum Gasteiger partial charge on any atom is -0.416 e. The number of ether oxygens (including phenoxy) is 1. The normalized spacial score (nSPS) is 23.6. The Morgan fingerprint density at radius 3 is 2.51 bits per heavy atom. The highest BCUT2D eigenvalue weighted by molar-refractivity contribution is 9.10. The monoisotopic (exact) mass is 535 g/mol. The molecule has 0 unspecified atom stereocenters. The number of piperidine rings is 2. The van der Waals surface area contributed by atoms with Gasteiger partial charge in [0.2, 0.25) is 11.8 Å². The summed E-state index contributed by atoms with van der Waals surface area (Å²) in [5, 5.41) is 8.84. The molecule has 7 nitrogen and oxygen atoms in total. The van der Waals surface area contributed by atoms with Crippen LogP contribution in [0.3, 0.4) is 0 Å². The molecular formula is C27H30BrN5O2. The molecule has 0 radical (unpaired) electrons. The number of pyridine rings is 1. The summed E-state index contributed by atoms with van der Waals surface area (Å²) in [6.07, 6.45) is 12.2. The molecule has 2 aromatic heterocycles. The second-order valence-electron chi connectivity index (χ2n) is 9.63. The van der Waals surface area contributed by atoms with Crippen LogP contribution in [0, 0.1) is 5.92 Å². The van der Waals surface area contributed by atoms with Gasteiger partial charge in [-0.2, -0.15) is 0 Å². The smallest absolute Gasteiger partial charge is 0.250 e. The molecule has 1 aromatic carbocycles. The van der Waals surface area contributed by atoms with Crippen molar-refractivity contribution in [1.29, 1.82) is 0 Å². The first-order chi connectivity index (χ1) is 17.2. The first kappa shape index (κ1) is 22.7. The molecule has 2 fully saturated rings. The number of hydrogen-bond donors (Lipinski definition) is 0. The molecule has 182 valence electrons. The van der Waals surface area contributed by atoms with Crippen LogP contribution in [0.1, 0.15) is 32.1 Å². The maximum absolute atomic E-state index is 6.23. The lowest BCUT2D eigenvalue weighted by Crippen LogP contribution is -2.37. The summed E-state index contributed by atoms with van der Waals surface area (Å²) in [6.45, 7) is 4.60. The molecule has 9 rings (SSSR count). The fraction of sp³-hybridized carbons (Fsp3) is 0.444. The van der Waals surface area contributed by atoms with Gasteiger partial charge in [-0.1, -0.05) is 28.1 Å². The van der Waals surface area contributed by atoms with Crippen LogP contribution >= 0.6 is 15.9 Å². The summed E-state index contributed by atoms with van der Waals surface area (Å²) in [7, 11) is 0. The minimum absolute atomic E-state index is 0.303. The van der Waals surface area contributed by atoms with Crippen molar-refractivity contribution in [3.63, 3.8) is 0 Å². The third-order valence-electron chi connectivity index (χ3n) is 7.39. The SMILES string of the molecule is Brc1ccc2c(c1)N1CCC(CC1)OC/C=C\CC1CCN(CC1)c1cc(ccn1)-c1nnc-2o1. The van der Waals surface area contributed by atoms with Gasteiger partial charge in [-0.05, 0) is 68.4 Å². The first-order valence-corrected chi connectivity index (χ1v) is 13.4. The summed E-state index contributed by atoms with van der Waals surface area (Å²) < 4.78 is 13.5. The van der Waals surface area contributed by atoms with Gasteiger partial charge in [0.25, 0.3) is 0 Å². The number of halogens is 1. The predicted molar refractivity (Wildman–Crippen MR) is 141 cm³/mol. The molecule has 0 atom stereocenters. The summed E-state index contributed by atoms with van der Waals surface area (Å²) in [5.74, 6) is 2.76. The fourth-order valence-electron chi connectivity index (χ4n) is 5.33. The molecule has 6 aliphatic heterocycles. The van der Waals surface area contributed by atoms with Gasteiger partial charge in [0.15, 0.2) is 0 Å². The van der Waals surface area contributed by atoms with Gasteiger partial charge in [0.1, 0.15) is 5.82 Å². The number of allylic oxidation sites excluding steroid dienone is 1. The van der Waals surface area contributed by atoms with Crippen molar-refractivity contribution in [2.24, 2.45) is 5.92 Å². The van der Waals surface area contributed by atoms with E-state index in [2.05, 4.69) is 71.3 Å². The number of nitrogens with zero attached hydrogens (tertiary/aromatic N) is 5. The molecule has 0 amide bonds. The maximum Gasteiger partial charge on any atom is 0.250 e. The van der Waals surface area contributed by atoms with E-state index in [1.165, 1.54) is 12.8 Å². The van der Waals surface area contributed by atoms with Crippen LogP contribution in [0.25, 0.3) is 22.9 Å². The van der Waals surface area contributed by atoms with Crippen molar-refractivity contribution in [3.8, 4) is 22.9 Å². The zero-order valence-corrected chi connectivity index (χ0v) is 21.4. The second-order valence-corrected chi connectivity index (χ2v) is 10.5. The lowest BCUT2D eigenvalue weighted by molar-refractivity contribution is 0.0561. The predicted octanol–water partition coefficient (Wildman–Crippen LogP) is 5.72. The van der Waals surface area contributed by atoms with Crippen molar-refractivity contribution in [1.82, 2.24) is 15.2 Å². The van der Waals surface area contributed by atoms with Crippen molar-refractivity contribution >= 4 is 27.4 Å². The topological polar surface area (TPSA) is 67.5 Å². The zero-order valence-electron chi connectivity index (χ0n) is 19.8. The molecule has 6 aliphatic rings. The van der Waals surface area contributed by atoms with Crippen LogP contribution in [0.15, 0.2) is 57.6 Å². The number of hydrogen-bond acceptors (Lipinski definition) is 7. The van der Waals surface area contributed by atoms with E-state index in [0.29, 0.717) is 24.5 Å². The van der Waals surface area contributed by atoms with E-state index in [1.54, 1.807) is 0 Å². The molecule has 2 saturated heterocycles. The van der Waals surface area contributed by atoms with Crippen molar-refractivity contribution < 1.29 is 9.15 Å². The maximum atomic E-state index is 6.23.